The minimum Gasteiger partial charge on any atom is -0.302 e. The van der Waals surface area contributed by atoms with Crippen LogP contribution in [0.2, 0.25) is 0 Å². The average molecular weight is 350 g/mol. The summed E-state index contributed by atoms with van der Waals surface area (Å²) in [6, 6.07) is 7.04. The number of hydrogen-bond donors (Lipinski definition) is 1. The van der Waals surface area contributed by atoms with Crippen LogP contribution >= 0.6 is 11.3 Å². The molecule has 3 aromatic rings. The van der Waals surface area contributed by atoms with Gasteiger partial charge in [-0.15, -0.1) is 5.10 Å². The lowest BCUT2D eigenvalue weighted by Crippen LogP contribution is -2.31. The number of fused-ring (bicyclic) bond motifs is 1. The first-order chi connectivity index (χ1) is 10.9. The minimum atomic E-state index is -4.07. The molecular weight excluding hydrogens is 340 g/mol. The van der Waals surface area contributed by atoms with Gasteiger partial charge in [0, 0.05) is 13.2 Å². The van der Waals surface area contributed by atoms with Crippen molar-refractivity contribution in [3.63, 3.8) is 0 Å². The zero-order valence-electron chi connectivity index (χ0n) is 11.8. The molecule has 0 aliphatic carbocycles. The molecule has 0 bridgehead atoms. The van der Waals surface area contributed by atoms with Crippen molar-refractivity contribution in [2.24, 2.45) is 7.05 Å². The summed E-state index contributed by atoms with van der Waals surface area (Å²) < 4.78 is 28.5. The fraction of sp³-hybridized carbons (Fsp3) is 0.0769. The van der Waals surface area contributed by atoms with E-state index in [4.69, 9.17) is 0 Å². The number of rotatable bonds is 3. The summed E-state index contributed by atoms with van der Waals surface area (Å²) >= 11 is 0.932. The first kappa shape index (κ1) is 15.3. The van der Waals surface area contributed by atoms with Crippen LogP contribution in [0.1, 0.15) is 10.5 Å². The molecule has 10 heteroatoms. The molecule has 0 saturated carbocycles. The highest BCUT2D eigenvalue weighted by Crippen LogP contribution is 2.21. The van der Waals surface area contributed by atoms with Crippen LogP contribution in [0.5, 0.6) is 0 Å². The van der Waals surface area contributed by atoms with Gasteiger partial charge in [0.05, 0.1) is 15.1 Å². The Balaban J connectivity index is 1.96. The highest BCUT2D eigenvalue weighted by atomic mass is 32.2. The molecular formula is C13H10N4O4S2. The average Bonchev–Trinajstić information content (AvgIpc) is 2.82. The van der Waals surface area contributed by atoms with E-state index >= 15 is 0 Å². The van der Waals surface area contributed by atoms with Gasteiger partial charge in [-0.05, 0) is 30.3 Å². The second-order valence-corrected chi connectivity index (χ2v) is 7.28. The maximum atomic E-state index is 12.3. The summed E-state index contributed by atoms with van der Waals surface area (Å²) in [6.45, 7) is 0. The molecule has 0 saturated heterocycles. The Morgan fingerprint density at radius 1 is 1.30 bits per heavy atom. The van der Waals surface area contributed by atoms with E-state index in [-0.39, 0.29) is 15.5 Å². The minimum absolute atomic E-state index is 0.107. The van der Waals surface area contributed by atoms with E-state index < -0.39 is 15.9 Å². The second kappa shape index (κ2) is 5.56. The Morgan fingerprint density at radius 2 is 2.09 bits per heavy atom. The van der Waals surface area contributed by atoms with Crippen molar-refractivity contribution < 1.29 is 13.2 Å². The maximum Gasteiger partial charge on any atom is 0.307 e. The maximum absolute atomic E-state index is 12.3. The van der Waals surface area contributed by atoms with E-state index in [1.807, 2.05) is 4.72 Å². The zero-order chi connectivity index (χ0) is 16.6. The van der Waals surface area contributed by atoms with Crippen molar-refractivity contribution in [1.29, 1.82) is 0 Å². The second-order valence-electron chi connectivity index (χ2n) is 4.60. The van der Waals surface area contributed by atoms with Crippen molar-refractivity contribution in [2.75, 3.05) is 0 Å². The molecule has 2 aromatic heterocycles. The molecule has 1 aromatic carbocycles. The summed E-state index contributed by atoms with van der Waals surface area (Å²) in [5, 5.41) is 7.07. The van der Waals surface area contributed by atoms with Crippen molar-refractivity contribution in [3.05, 3.63) is 51.9 Å². The van der Waals surface area contributed by atoms with Gasteiger partial charge in [-0.25, -0.2) is 13.1 Å². The van der Waals surface area contributed by atoms with Gasteiger partial charge >= 0.3 is 4.87 Å². The van der Waals surface area contributed by atoms with Crippen LogP contribution in [0.25, 0.3) is 10.2 Å². The fourth-order valence-corrected chi connectivity index (χ4v) is 3.92. The Bertz CT molecular complexity index is 1050. The first-order valence-corrected chi connectivity index (χ1v) is 8.63. The van der Waals surface area contributed by atoms with Gasteiger partial charge in [0.1, 0.15) is 0 Å². The summed E-state index contributed by atoms with van der Waals surface area (Å²) in [5.74, 6) is -0.876. The largest absolute Gasteiger partial charge is 0.307 e. The number of benzene rings is 1. The van der Waals surface area contributed by atoms with Crippen LogP contribution < -0.4 is 9.60 Å². The lowest BCUT2D eigenvalue weighted by atomic mass is 10.3. The van der Waals surface area contributed by atoms with Crippen LogP contribution in [-0.2, 0) is 17.1 Å². The van der Waals surface area contributed by atoms with Gasteiger partial charge in [0.15, 0.2) is 5.69 Å². The van der Waals surface area contributed by atoms with Gasteiger partial charge in [-0.2, -0.15) is 5.10 Å². The summed E-state index contributed by atoms with van der Waals surface area (Å²) in [7, 11) is -2.47. The molecule has 0 aliphatic heterocycles. The number of sulfonamides is 1. The fourth-order valence-electron chi connectivity index (χ4n) is 1.94. The number of hydrogen-bond acceptors (Lipinski definition) is 7. The quantitative estimate of drug-likeness (QED) is 0.737. The standard InChI is InChI=1S/C13H10N4O4S2/c1-17-10-5-4-8(7-11(10)22-13(17)19)23(20,21)16-12(18)9-3-2-6-14-15-9/h2-7H,1H3,(H,16,18). The lowest BCUT2D eigenvalue weighted by molar-refractivity contribution is 0.0975. The Kier molecular flexibility index (Phi) is 3.70. The third-order valence-corrected chi connectivity index (χ3v) is 5.43. The predicted octanol–water partition coefficient (Wildman–Crippen LogP) is 0.509. The normalized spacial score (nSPS) is 11.5. The molecule has 8 nitrogen and oxygen atoms in total. The molecule has 1 N–H and O–H groups in total. The van der Waals surface area contributed by atoms with E-state index in [1.165, 1.54) is 41.1 Å². The summed E-state index contributed by atoms with van der Waals surface area (Å²) in [4.78, 5) is 23.2. The Morgan fingerprint density at radius 3 is 2.78 bits per heavy atom. The molecule has 0 radical (unpaired) electrons. The van der Waals surface area contributed by atoms with E-state index in [1.54, 1.807) is 7.05 Å². The molecule has 118 valence electrons. The number of carbonyl (C=O) groups is 1. The third kappa shape index (κ3) is 2.85. The Labute approximate surface area is 134 Å². The monoisotopic (exact) mass is 350 g/mol. The van der Waals surface area contributed by atoms with Crippen LogP contribution in [0.3, 0.4) is 0 Å². The number of amides is 1. The van der Waals surface area contributed by atoms with Gasteiger partial charge in [0.25, 0.3) is 15.9 Å². The smallest absolute Gasteiger partial charge is 0.302 e. The molecule has 0 spiro atoms. The molecule has 0 fully saturated rings. The summed E-state index contributed by atoms with van der Waals surface area (Å²) in [5.41, 5.74) is 0.515. The number of aromatic nitrogens is 3. The van der Waals surface area contributed by atoms with Gasteiger partial charge in [0.2, 0.25) is 0 Å². The lowest BCUT2D eigenvalue weighted by Gasteiger charge is -2.06. The van der Waals surface area contributed by atoms with Crippen molar-refractivity contribution in [1.82, 2.24) is 19.5 Å². The van der Waals surface area contributed by atoms with Crippen LogP contribution in [0.4, 0.5) is 0 Å². The number of thiazole rings is 1. The van der Waals surface area contributed by atoms with E-state index in [0.717, 1.165) is 11.3 Å². The molecule has 0 unspecified atom stereocenters. The molecule has 3 rings (SSSR count). The van der Waals surface area contributed by atoms with E-state index in [0.29, 0.717) is 10.2 Å². The molecule has 1 amide bonds. The Hall–Kier alpha value is -2.59. The van der Waals surface area contributed by atoms with E-state index in [9.17, 15) is 18.0 Å². The van der Waals surface area contributed by atoms with Crippen molar-refractivity contribution in [2.45, 2.75) is 4.90 Å². The van der Waals surface area contributed by atoms with Crippen LogP contribution in [-0.4, -0.2) is 29.1 Å². The summed E-state index contributed by atoms with van der Waals surface area (Å²) in [6.07, 6.45) is 1.37. The number of nitrogens with zero attached hydrogens (tertiary/aromatic N) is 3. The number of nitrogens with one attached hydrogen (secondary N) is 1. The predicted molar refractivity (Wildman–Crippen MR) is 83.8 cm³/mol. The van der Waals surface area contributed by atoms with Crippen molar-refractivity contribution in [3.8, 4) is 0 Å². The molecule has 23 heavy (non-hydrogen) atoms. The van der Waals surface area contributed by atoms with Crippen LogP contribution in [0, 0.1) is 0 Å². The number of carbonyl (C=O) groups excluding carboxylic acids is 1. The SMILES string of the molecule is Cn1c(=O)sc2cc(S(=O)(=O)NC(=O)c3cccnn3)ccc21. The first-order valence-electron chi connectivity index (χ1n) is 6.33. The van der Waals surface area contributed by atoms with Gasteiger partial charge in [-0.3, -0.25) is 9.59 Å². The van der Waals surface area contributed by atoms with E-state index in [2.05, 4.69) is 10.2 Å². The zero-order valence-corrected chi connectivity index (χ0v) is 13.4. The van der Waals surface area contributed by atoms with Crippen LogP contribution in [0.15, 0.2) is 46.2 Å². The molecule has 2 heterocycles. The highest BCUT2D eigenvalue weighted by Gasteiger charge is 2.20. The van der Waals surface area contributed by atoms with Gasteiger partial charge in [-0.1, -0.05) is 11.3 Å². The topological polar surface area (TPSA) is 111 Å². The van der Waals surface area contributed by atoms with Gasteiger partial charge < -0.3 is 4.57 Å². The number of aryl methyl sites for hydroxylation is 1. The molecule has 0 aliphatic rings. The highest BCUT2D eigenvalue weighted by molar-refractivity contribution is 7.90. The van der Waals surface area contributed by atoms with Crippen molar-refractivity contribution >= 4 is 37.5 Å². The third-order valence-electron chi connectivity index (χ3n) is 3.11. The molecule has 0 atom stereocenters.